The van der Waals surface area contributed by atoms with E-state index in [4.69, 9.17) is 4.98 Å². The number of rotatable bonds is 3. The number of thiazole rings is 1. The Bertz CT molecular complexity index is 366. The maximum absolute atomic E-state index is 4.76. The maximum atomic E-state index is 4.76. The normalized spacial score (nSPS) is 27.2. The summed E-state index contributed by atoms with van der Waals surface area (Å²) in [5.41, 5.74) is 1.16. The second kappa shape index (κ2) is 5.59. The third-order valence-electron chi connectivity index (χ3n) is 3.52. The van der Waals surface area contributed by atoms with Crippen molar-refractivity contribution >= 4 is 28.2 Å². The Balaban J connectivity index is 2.13. The van der Waals surface area contributed by atoms with E-state index in [1.54, 1.807) is 11.3 Å². The maximum Gasteiger partial charge on any atom is 0.185 e. The summed E-state index contributed by atoms with van der Waals surface area (Å²) in [5, 5.41) is 7.29. The van der Waals surface area contributed by atoms with E-state index in [0.717, 1.165) is 12.2 Å². The van der Waals surface area contributed by atoms with Crippen LogP contribution in [0.2, 0.25) is 0 Å². The van der Waals surface area contributed by atoms with Crippen LogP contribution in [-0.2, 0) is 0 Å². The molecule has 1 aromatic heterocycles. The number of hydrogen-bond acceptors (Lipinski definition) is 5. The molecule has 3 nitrogen and oxygen atoms in total. The van der Waals surface area contributed by atoms with Gasteiger partial charge in [-0.05, 0) is 20.9 Å². The van der Waals surface area contributed by atoms with Gasteiger partial charge in [0.15, 0.2) is 5.13 Å². The molecule has 2 rings (SSSR count). The third kappa shape index (κ3) is 2.77. The largest absolute Gasteiger partial charge is 0.343 e. The van der Waals surface area contributed by atoms with Crippen molar-refractivity contribution in [3.63, 3.8) is 0 Å². The molecule has 5 heteroatoms. The molecule has 0 bridgehead atoms. The quantitative estimate of drug-likeness (QED) is 0.915. The molecule has 1 aromatic rings. The van der Waals surface area contributed by atoms with Crippen molar-refractivity contribution in [1.29, 1.82) is 0 Å². The SMILES string of the molecule is CNC(C)c1csc(N2CCSC(C)C2C)n1. The molecule has 1 N–H and O–H groups in total. The van der Waals surface area contributed by atoms with Gasteiger partial charge in [-0.3, -0.25) is 0 Å². The smallest absolute Gasteiger partial charge is 0.185 e. The summed E-state index contributed by atoms with van der Waals surface area (Å²) in [5.74, 6) is 1.21. The number of hydrogen-bond donors (Lipinski definition) is 1. The zero-order valence-electron chi connectivity index (χ0n) is 10.9. The van der Waals surface area contributed by atoms with Gasteiger partial charge in [0.1, 0.15) is 0 Å². The highest BCUT2D eigenvalue weighted by molar-refractivity contribution is 8.00. The van der Waals surface area contributed by atoms with Crippen LogP contribution in [0.3, 0.4) is 0 Å². The lowest BCUT2D eigenvalue weighted by Crippen LogP contribution is -2.44. The van der Waals surface area contributed by atoms with Crippen molar-refractivity contribution in [2.45, 2.75) is 38.1 Å². The fourth-order valence-corrected chi connectivity index (χ4v) is 4.09. The molecule has 0 aliphatic carbocycles. The van der Waals surface area contributed by atoms with E-state index in [1.807, 2.05) is 7.05 Å². The molecular weight excluding hydrogens is 250 g/mol. The third-order valence-corrected chi connectivity index (χ3v) is 5.75. The number of nitrogens with zero attached hydrogens (tertiary/aromatic N) is 2. The topological polar surface area (TPSA) is 28.2 Å². The standard InChI is InChI=1S/C12H21N3S2/c1-8(13-4)11-7-17-12(14-11)15-5-6-16-10(3)9(15)2/h7-10,13H,5-6H2,1-4H3. The highest BCUT2D eigenvalue weighted by Gasteiger charge is 2.27. The van der Waals surface area contributed by atoms with E-state index in [1.165, 1.54) is 10.9 Å². The van der Waals surface area contributed by atoms with E-state index in [2.05, 4.69) is 48.1 Å². The van der Waals surface area contributed by atoms with Gasteiger partial charge in [-0.15, -0.1) is 11.3 Å². The second-order valence-corrected chi connectivity index (χ2v) is 6.90. The summed E-state index contributed by atoms with van der Waals surface area (Å²) in [6.07, 6.45) is 0. The molecule has 0 aromatic carbocycles. The van der Waals surface area contributed by atoms with Crippen LogP contribution in [-0.4, -0.2) is 35.6 Å². The molecule has 0 spiro atoms. The van der Waals surface area contributed by atoms with Gasteiger partial charge in [-0.2, -0.15) is 11.8 Å². The lowest BCUT2D eigenvalue weighted by Gasteiger charge is -2.37. The Kier molecular flexibility index (Phi) is 4.33. The Labute approximate surface area is 112 Å². The first kappa shape index (κ1) is 13.2. The highest BCUT2D eigenvalue weighted by atomic mass is 32.2. The lowest BCUT2D eigenvalue weighted by atomic mass is 10.2. The Hall–Kier alpha value is -0.260. The van der Waals surface area contributed by atoms with Gasteiger partial charge >= 0.3 is 0 Å². The van der Waals surface area contributed by atoms with E-state index in [0.29, 0.717) is 17.3 Å². The molecule has 2 heterocycles. The first-order chi connectivity index (χ1) is 8.13. The number of anilines is 1. The van der Waals surface area contributed by atoms with Crippen molar-refractivity contribution in [1.82, 2.24) is 10.3 Å². The molecule has 1 fully saturated rings. The second-order valence-electron chi connectivity index (χ2n) is 4.58. The van der Waals surface area contributed by atoms with Crippen LogP contribution >= 0.6 is 23.1 Å². The predicted molar refractivity (Wildman–Crippen MR) is 78.3 cm³/mol. The minimum Gasteiger partial charge on any atom is -0.343 e. The molecule has 1 aliphatic heterocycles. The van der Waals surface area contributed by atoms with Crippen molar-refractivity contribution < 1.29 is 0 Å². The number of aromatic nitrogens is 1. The predicted octanol–water partition coefficient (Wildman–Crippen LogP) is 2.75. The van der Waals surface area contributed by atoms with Crippen molar-refractivity contribution in [2.24, 2.45) is 0 Å². The molecule has 0 saturated carbocycles. The molecule has 1 aliphatic rings. The Morgan fingerprint density at radius 2 is 2.29 bits per heavy atom. The first-order valence-electron chi connectivity index (χ1n) is 6.14. The van der Waals surface area contributed by atoms with Gasteiger partial charge in [0.25, 0.3) is 0 Å². The summed E-state index contributed by atoms with van der Waals surface area (Å²) in [6.45, 7) is 7.89. The molecule has 96 valence electrons. The molecule has 3 unspecified atom stereocenters. The van der Waals surface area contributed by atoms with E-state index >= 15 is 0 Å². The van der Waals surface area contributed by atoms with E-state index in [9.17, 15) is 0 Å². The average Bonchev–Trinajstić information content (AvgIpc) is 2.81. The van der Waals surface area contributed by atoms with Crippen LogP contribution in [0.4, 0.5) is 5.13 Å². The molecule has 1 saturated heterocycles. The van der Waals surface area contributed by atoms with Gasteiger partial charge in [-0.1, -0.05) is 6.92 Å². The van der Waals surface area contributed by atoms with E-state index < -0.39 is 0 Å². The average molecular weight is 271 g/mol. The van der Waals surface area contributed by atoms with Crippen LogP contribution < -0.4 is 10.2 Å². The van der Waals surface area contributed by atoms with Crippen molar-refractivity contribution in [3.8, 4) is 0 Å². The van der Waals surface area contributed by atoms with Gasteiger partial charge in [0.05, 0.1) is 5.69 Å². The van der Waals surface area contributed by atoms with Crippen molar-refractivity contribution in [3.05, 3.63) is 11.1 Å². The van der Waals surface area contributed by atoms with Gasteiger partial charge in [0.2, 0.25) is 0 Å². The zero-order valence-corrected chi connectivity index (χ0v) is 12.6. The monoisotopic (exact) mass is 271 g/mol. The molecular formula is C12H21N3S2. The Morgan fingerprint density at radius 1 is 1.53 bits per heavy atom. The van der Waals surface area contributed by atoms with Gasteiger partial charge in [0, 0.05) is 35.0 Å². The molecule has 0 amide bonds. The summed E-state index contributed by atoms with van der Waals surface area (Å²) < 4.78 is 0. The summed E-state index contributed by atoms with van der Waals surface area (Å²) in [7, 11) is 1.98. The molecule has 17 heavy (non-hydrogen) atoms. The summed E-state index contributed by atoms with van der Waals surface area (Å²) >= 11 is 3.84. The van der Waals surface area contributed by atoms with Crippen LogP contribution in [0.25, 0.3) is 0 Å². The van der Waals surface area contributed by atoms with Crippen molar-refractivity contribution in [2.75, 3.05) is 24.2 Å². The number of nitrogens with one attached hydrogen (secondary N) is 1. The zero-order chi connectivity index (χ0) is 12.4. The molecule has 3 atom stereocenters. The van der Waals surface area contributed by atoms with Gasteiger partial charge < -0.3 is 10.2 Å². The number of thioether (sulfide) groups is 1. The molecule has 0 radical (unpaired) electrons. The highest BCUT2D eigenvalue weighted by Crippen LogP contribution is 2.31. The van der Waals surface area contributed by atoms with Crippen LogP contribution in [0.1, 0.15) is 32.5 Å². The van der Waals surface area contributed by atoms with Gasteiger partial charge in [-0.25, -0.2) is 4.98 Å². The van der Waals surface area contributed by atoms with Crippen LogP contribution in [0.5, 0.6) is 0 Å². The van der Waals surface area contributed by atoms with Crippen LogP contribution in [0.15, 0.2) is 5.38 Å². The fourth-order valence-electron chi connectivity index (χ4n) is 1.96. The summed E-state index contributed by atoms with van der Waals surface area (Å²) in [4.78, 5) is 7.22. The first-order valence-corrected chi connectivity index (χ1v) is 8.07. The summed E-state index contributed by atoms with van der Waals surface area (Å²) in [6, 6.07) is 0.921. The minimum absolute atomic E-state index is 0.340. The minimum atomic E-state index is 0.340. The van der Waals surface area contributed by atoms with E-state index in [-0.39, 0.29) is 0 Å². The fraction of sp³-hybridized carbons (Fsp3) is 0.750. The van der Waals surface area contributed by atoms with Crippen LogP contribution in [0, 0.1) is 0 Å². The lowest BCUT2D eigenvalue weighted by molar-refractivity contribution is 0.613. The Morgan fingerprint density at radius 3 is 3.00 bits per heavy atom.